The topological polar surface area (TPSA) is 60.5 Å². The number of nitrogens with zero attached hydrogens (tertiary/aromatic N) is 3. The van der Waals surface area contributed by atoms with Crippen molar-refractivity contribution in [2.75, 3.05) is 19.6 Å². The molecule has 1 N–H and O–H groups in total. The second-order valence-electron chi connectivity index (χ2n) is 5.93. The number of carbonyl (C=O) groups excluding carboxylic acids is 1. The zero-order chi connectivity index (χ0) is 14.4. The van der Waals surface area contributed by atoms with Gasteiger partial charge in [0.1, 0.15) is 11.8 Å². The van der Waals surface area contributed by atoms with Crippen LogP contribution in [0.5, 0.6) is 0 Å². The molecule has 4 heterocycles. The number of aromatic nitrogens is 1. The second-order valence-corrected chi connectivity index (χ2v) is 5.93. The average molecular weight is 280 g/mol. The fourth-order valence-electron chi connectivity index (χ4n) is 3.54. The van der Waals surface area contributed by atoms with Gasteiger partial charge < -0.3 is 14.6 Å². The third kappa shape index (κ3) is 1.99. The Bertz CT molecular complexity index is 757. The number of hydrogen-bond acceptors (Lipinski definition) is 3. The fraction of sp³-hybridized carbons (Fsp3) is 0.375. The lowest BCUT2D eigenvalue weighted by atomic mass is 10.00. The minimum absolute atomic E-state index is 0.0176. The van der Waals surface area contributed by atoms with Gasteiger partial charge in [0.15, 0.2) is 0 Å². The number of nitriles is 1. The molecule has 2 fully saturated rings. The number of piperidine rings is 1. The maximum absolute atomic E-state index is 12.4. The van der Waals surface area contributed by atoms with E-state index in [9.17, 15) is 4.79 Å². The van der Waals surface area contributed by atoms with Crippen molar-refractivity contribution in [2.24, 2.45) is 5.92 Å². The van der Waals surface area contributed by atoms with E-state index in [1.54, 1.807) is 22.7 Å². The predicted molar refractivity (Wildman–Crippen MR) is 77.9 cm³/mol. The van der Waals surface area contributed by atoms with Gasteiger partial charge in [-0.05, 0) is 43.1 Å². The number of hydrogen-bond donors (Lipinski definition) is 1. The number of pyridine rings is 1. The molecule has 0 aromatic carbocycles. The van der Waals surface area contributed by atoms with Crippen LogP contribution < -0.4 is 5.32 Å². The molecule has 2 aromatic heterocycles. The van der Waals surface area contributed by atoms with Crippen LogP contribution in [-0.4, -0.2) is 40.9 Å². The maximum Gasteiger partial charge on any atom is 0.251 e. The highest BCUT2D eigenvalue weighted by Gasteiger charge is 2.38. The van der Waals surface area contributed by atoms with E-state index in [1.807, 2.05) is 12.1 Å². The molecular formula is C16H16N4O. The van der Waals surface area contributed by atoms with Crippen molar-refractivity contribution in [3.8, 4) is 6.07 Å². The van der Waals surface area contributed by atoms with Crippen molar-refractivity contribution in [2.45, 2.75) is 12.5 Å². The molecule has 0 spiro atoms. The molecule has 21 heavy (non-hydrogen) atoms. The van der Waals surface area contributed by atoms with Crippen LogP contribution in [-0.2, 0) is 0 Å². The van der Waals surface area contributed by atoms with Crippen LogP contribution in [0.4, 0.5) is 0 Å². The van der Waals surface area contributed by atoms with Crippen LogP contribution in [0.15, 0.2) is 30.5 Å². The summed E-state index contributed by atoms with van der Waals surface area (Å²) in [5, 5.41) is 12.2. The van der Waals surface area contributed by atoms with Crippen LogP contribution >= 0.6 is 0 Å². The van der Waals surface area contributed by atoms with Gasteiger partial charge in [0.25, 0.3) is 5.91 Å². The van der Waals surface area contributed by atoms with Gasteiger partial charge in [0, 0.05) is 36.4 Å². The van der Waals surface area contributed by atoms with Crippen molar-refractivity contribution in [1.82, 2.24) is 14.6 Å². The molecule has 3 unspecified atom stereocenters. The maximum atomic E-state index is 12.4. The van der Waals surface area contributed by atoms with Gasteiger partial charge in [0.05, 0.1) is 0 Å². The van der Waals surface area contributed by atoms with Crippen molar-refractivity contribution in [3.05, 3.63) is 41.7 Å². The summed E-state index contributed by atoms with van der Waals surface area (Å²) in [5.41, 5.74) is 2.11. The minimum Gasteiger partial charge on any atom is -0.348 e. The van der Waals surface area contributed by atoms with Gasteiger partial charge in [-0.15, -0.1) is 0 Å². The summed E-state index contributed by atoms with van der Waals surface area (Å²) in [7, 11) is 0. The van der Waals surface area contributed by atoms with Crippen molar-refractivity contribution in [1.29, 1.82) is 5.26 Å². The number of rotatable bonds is 2. The summed E-state index contributed by atoms with van der Waals surface area (Å²) >= 11 is 0. The average Bonchev–Trinajstić information content (AvgIpc) is 3.21. The van der Waals surface area contributed by atoms with Crippen LogP contribution in [0.1, 0.15) is 22.5 Å². The summed E-state index contributed by atoms with van der Waals surface area (Å²) < 4.78 is 1.79. The van der Waals surface area contributed by atoms with E-state index in [0.717, 1.165) is 18.6 Å². The molecule has 2 aliphatic heterocycles. The van der Waals surface area contributed by atoms with Gasteiger partial charge in [-0.3, -0.25) is 4.79 Å². The van der Waals surface area contributed by atoms with Crippen LogP contribution in [0.3, 0.4) is 0 Å². The van der Waals surface area contributed by atoms with Gasteiger partial charge >= 0.3 is 0 Å². The molecule has 2 aromatic rings. The minimum atomic E-state index is -0.0176. The number of amides is 1. The molecule has 2 bridgehead atoms. The molecule has 2 aliphatic rings. The normalized spacial score (nSPS) is 26.9. The Labute approximate surface area is 122 Å². The Morgan fingerprint density at radius 2 is 2.24 bits per heavy atom. The number of fused-ring (bicyclic) bond motifs is 3. The molecule has 0 saturated carbocycles. The highest BCUT2D eigenvalue weighted by molar-refractivity contribution is 5.95. The van der Waals surface area contributed by atoms with Gasteiger partial charge in [-0.1, -0.05) is 0 Å². The monoisotopic (exact) mass is 280 g/mol. The Hall–Kier alpha value is -2.32. The van der Waals surface area contributed by atoms with E-state index in [-0.39, 0.29) is 11.9 Å². The zero-order valence-corrected chi connectivity index (χ0v) is 11.6. The van der Waals surface area contributed by atoms with Crippen molar-refractivity contribution < 1.29 is 4.79 Å². The van der Waals surface area contributed by atoms with Gasteiger partial charge in [-0.2, -0.15) is 5.26 Å². The van der Waals surface area contributed by atoms with Crippen LogP contribution in [0.25, 0.3) is 5.52 Å². The van der Waals surface area contributed by atoms with Crippen molar-refractivity contribution in [3.63, 3.8) is 0 Å². The summed E-state index contributed by atoms with van der Waals surface area (Å²) in [5.74, 6) is 0.590. The van der Waals surface area contributed by atoms with Crippen LogP contribution in [0, 0.1) is 17.2 Å². The summed E-state index contributed by atoms with van der Waals surface area (Å²) in [4.78, 5) is 14.8. The fourth-order valence-corrected chi connectivity index (χ4v) is 3.54. The molecule has 4 rings (SSSR count). The molecule has 3 atom stereocenters. The molecule has 0 aliphatic carbocycles. The predicted octanol–water partition coefficient (Wildman–Crippen LogP) is 1.24. The first-order valence-electron chi connectivity index (χ1n) is 7.29. The first kappa shape index (κ1) is 12.4. The summed E-state index contributed by atoms with van der Waals surface area (Å²) in [6, 6.07) is 9.65. The lowest BCUT2D eigenvalue weighted by Crippen LogP contribution is -2.43. The zero-order valence-electron chi connectivity index (χ0n) is 11.6. The first-order valence-corrected chi connectivity index (χ1v) is 7.29. The lowest BCUT2D eigenvalue weighted by Gasteiger charge is -2.23. The summed E-state index contributed by atoms with van der Waals surface area (Å²) in [6.07, 6.45) is 2.97. The van der Waals surface area contributed by atoms with Crippen molar-refractivity contribution >= 4 is 11.4 Å². The van der Waals surface area contributed by atoms with E-state index in [0.29, 0.717) is 17.2 Å². The van der Waals surface area contributed by atoms with Gasteiger partial charge in [-0.25, -0.2) is 0 Å². The standard InChI is InChI=1S/C16H16N4O/c17-8-14-2-1-13-7-11(4-6-20(13)14)16(21)18-15-10-19-5-3-12(15)9-19/h1-2,4,6-7,12,15H,3,5,9-10H2,(H,18,21). The highest BCUT2D eigenvalue weighted by atomic mass is 16.1. The van der Waals surface area contributed by atoms with E-state index in [1.165, 1.54) is 13.0 Å². The Kier molecular flexibility index (Phi) is 2.72. The Morgan fingerprint density at radius 1 is 1.33 bits per heavy atom. The molecule has 106 valence electrons. The van der Waals surface area contributed by atoms with Crippen LogP contribution in [0.2, 0.25) is 0 Å². The quantitative estimate of drug-likeness (QED) is 0.900. The Balaban J connectivity index is 1.55. The number of carbonyl (C=O) groups is 1. The van der Waals surface area contributed by atoms with E-state index in [4.69, 9.17) is 5.26 Å². The molecule has 2 saturated heterocycles. The lowest BCUT2D eigenvalue weighted by molar-refractivity contribution is 0.0924. The third-order valence-corrected chi connectivity index (χ3v) is 4.68. The van der Waals surface area contributed by atoms with E-state index >= 15 is 0 Å². The largest absolute Gasteiger partial charge is 0.348 e. The number of nitrogens with one attached hydrogen (secondary N) is 1. The molecule has 0 radical (unpaired) electrons. The highest BCUT2D eigenvalue weighted by Crippen LogP contribution is 2.28. The van der Waals surface area contributed by atoms with E-state index in [2.05, 4.69) is 16.3 Å². The van der Waals surface area contributed by atoms with Gasteiger partial charge in [0.2, 0.25) is 0 Å². The first-order chi connectivity index (χ1) is 10.2. The second kappa shape index (κ2) is 4.61. The molecular weight excluding hydrogens is 264 g/mol. The smallest absolute Gasteiger partial charge is 0.251 e. The van der Waals surface area contributed by atoms with E-state index < -0.39 is 0 Å². The Morgan fingerprint density at radius 3 is 2.95 bits per heavy atom. The molecule has 5 heteroatoms. The molecule has 1 amide bonds. The summed E-state index contributed by atoms with van der Waals surface area (Å²) in [6.45, 7) is 3.26. The molecule has 5 nitrogen and oxygen atoms in total. The third-order valence-electron chi connectivity index (χ3n) is 4.68. The SMILES string of the molecule is N#Cc1ccc2cc(C(=O)NC3CN4CCC3C4)ccn12.